The fourth-order valence-corrected chi connectivity index (χ4v) is 0.761. The van der Waals surface area contributed by atoms with Crippen molar-refractivity contribution >= 4 is 5.97 Å². The van der Waals surface area contributed by atoms with Gasteiger partial charge in [0.25, 0.3) is 0 Å². The minimum Gasteiger partial charge on any atom is -0.382 e. The van der Waals surface area contributed by atoms with Gasteiger partial charge in [-0.25, -0.2) is 4.79 Å². The molecule has 0 amide bonds. The van der Waals surface area contributed by atoms with Gasteiger partial charge in [0.1, 0.15) is 6.10 Å². The summed E-state index contributed by atoms with van der Waals surface area (Å²) in [5.41, 5.74) is 0. The van der Waals surface area contributed by atoms with E-state index in [1.54, 1.807) is 14.0 Å². The number of ether oxygens (including phenoxy) is 1. The lowest BCUT2D eigenvalue weighted by molar-refractivity contribution is -0.299. The van der Waals surface area contributed by atoms with Crippen LogP contribution in [-0.2, 0) is 19.3 Å². The Morgan fingerprint density at radius 3 is 2.69 bits per heavy atom. The molecule has 13 heavy (non-hydrogen) atoms. The van der Waals surface area contributed by atoms with Crippen molar-refractivity contribution in [2.45, 2.75) is 39.2 Å². The summed E-state index contributed by atoms with van der Waals surface area (Å²) < 4.78 is 4.80. The van der Waals surface area contributed by atoms with E-state index in [1.165, 1.54) is 0 Å². The van der Waals surface area contributed by atoms with Crippen LogP contribution >= 0.6 is 0 Å². The molecule has 0 aliphatic heterocycles. The Kier molecular flexibility index (Phi) is 7.63. The molecule has 0 aliphatic carbocycles. The Morgan fingerprint density at radius 2 is 2.15 bits per heavy atom. The van der Waals surface area contributed by atoms with Gasteiger partial charge in [-0.1, -0.05) is 13.3 Å². The van der Waals surface area contributed by atoms with Crippen molar-refractivity contribution < 1.29 is 19.3 Å². The first-order valence-corrected chi connectivity index (χ1v) is 4.55. The van der Waals surface area contributed by atoms with Gasteiger partial charge >= 0.3 is 5.97 Å². The largest absolute Gasteiger partial charge is 0.382 e. The summed E-state index contributed by atoms with van der Waals surface area (Å²) in [7, 11) is 1.57. The van der Waals surface area contributed by atoms with Crippen LogP contribution in [0.1, 0.15) is 33.1 Å². The molecule has 0 aromatic rings. The summed E-state index contributed by atoms with van der Waals surface area (Å²) in [6.45, 7) is 4.21. The molecule has 4 heteroatoms. The SMILES string of the molecule is CCCCC(=O)OOC(C)COC. The molecular weight excluding hydrogens is 172 g/mol. The number of methoxy groups -OCH3 is 1. The maximum Gasteiger partial charge on any atom is 0.342 e. The second-order valence-electron chi connectivity index (χ2n) is 2.92. The van der Waals surface area contributed by atoms with E-state index in [4.69, 9.17) is 9.62 Å². The highest BCUT2D eigenvalue weighted by Gasteiger charge is 2.07. The van der Waals surface area contributed by atoms with E-state index >= 15 is 0 Å². The third-order valence-electron chi connectivity index (χ3n) is 1.44. The van der Waals surface area contributed by atoms with Crippen LogP contribution in [0.5, 0.6) is 0 Å². The van der Waals surface area contributed by atoms with E-state index in [9.17, 15) is 4.79 Å². The zero-order chi connectivity index (χ0) is 10.1. The lowest BCUT2D eigenvalue weighted by Crippen LogP contribution is -2.17. The summed E-state index contributed by atoms with van der Waals surface area (Å²) in [4.78, 5) is 20.2. The zero-order valence-corrected chi connectivity index (χ0v) is 8.54. The van der Waals surface area contributed by atoms with Gasteiger partial charge in [-0.15, -0.1) is 0 Å². The van der Waals surface area contributed by atoms with Crippen LogP contribution in [0.15, 0.2) is 0 Å². The molecule has 0 aromatic heterocycles. The summed E-state index contributed by atoms with van der Waals surface area (Å²) in [6, 6.07) is 0. The lowest BCUT2D eigenvalue weighted by Gasteiger charge is -2.09. The van der Waals surface area contributed by atoms with Crippen LogP contribution in [0, 0.1) is 0 Å². The van der Waals surface area contributed by atoms with Crippen LogP contribution in [-0.4, -0.2) is 25.8 Å². The molecule has 0 fully saturated rings. The van der Waals surface area contributed by atoms with Gasteiger partial charge in [-0.3, -0.25) is 4.89 Å². The molecule has 4 nitrogen and oxygen atoms in total. The second-order valence-corrected chi connectivity index (χ2v) is 2.92. The van der Waals surface area contributed by atoms with Gasteiger partial charge < -0.3 is 4.74 Å². The van der Waals surface area contributed by atoms with E-state index in [-0.39, 0.29) is 12.1 Å². The topological polar surface area (TPSA) is 44.8 Å². The number of rotatable bonds is 7. The standard InChI is InChI=1S/C9H18O4/c1-4-5-6-9(10)13-12-8(2)7-11-3/h8H,4-7H2,1-3H3. The van der Waals surface area contributed by atoms with Crippen LogP contribution in [0.25, 0.3) is 0 Å². The molecule has 0 bridgehead atoms. The molecule has 1 unspecified atom stereocenters. The average Bonchev–Trinajstić information content (AvgIpc) is 2.12. The normalized spacial score (nSPS) is 12.5. The Hall–Kier alpha value is -0.610. The van der Waals surface area contributed by atoms with Crippen LogP contribution in [0.2, 0.25) is 0 Å². The molecule has 78 valence electrons. The van der Waals surface area contributed by atoms with Crippen LogP contribution < -0.4 is 0 Å². The van der Waals surface area contributed by atoms with Crippen molar-refractivity contribution in [3.05, 3.63) is 0 Å². The minimum atomic E-state index is -0.315. The van der Waals surface area contributed by atoms with Crippen molar-refractivity contribution in [3.8, 4) is 0 Å². The summed E-state index contributed by atoms with van der Waals surface area (Å²) >= 11 is 0. The van der Waals surface area contributed by atoms with Crippen LogP contribution in [0.3, 0.4) is 0 Å². The third-order valence-corrected chi connectivity index (χ3v) is 1.44. The van der Waals surface area contributed by atoms with E-state index < -0.39 is 0 Å². The molecule has 0 saturated heterocycles. The van der Waals surface area contributed by atoms with Gasteiger partial charge in [0, 0.05) is 13.5 Å². The van der Waals surface area contributed by atoms with Gasteiger partial charge in [-0.05, 0) is 13.3 Å². The van der Waals surface area contributed by atoms with E-state index in [0.717, 1.165) is 12.8 Å². The molecule has 0 radical (unpaired) electrons. The van der Waals surface area contributed by atoms with Gasteiger partial charge in [0.15, 0.2) is 0 Å². The van der Waals surface area contributed by atoms with Crippen molar-refractivity contribution in [3.63, 3.8) is 0 Å². The quantitative estimate of drug-likeness (QED) is 0.452. The molecule has 0 spiro atoms. The first-order chi connectivity index (χ1) is 6.20. The lowest BCUT2D eigenvalue weighted by atomic mass is 10.3. The summed E-state index contributed by atoms with van der Waals surface area (Å²) in [5.74, 6) is -0.315. The molecule has 0 heterocycles. The van der Waals surface area contributed by atoms with Gasteiger partial charge in [0.05, 0.1) is 6.61 Å². The fraction of sp³-hybridized carbons (Fsp3) is 0.889. The second kappa shape index (κ2) is 8.01. The highest BCUT2D eigenvalue weighted by molar-refractivity contribution is 5.68. The Morgan fingerprint density at radius 1 is 1.46 bits per heavy atom. The summed E-state index contributed by atoms with van der Waals surface area (Å²) in [6.07, 6.45) is 2.01. The van der Waals surface area contributed by atoms with E-state index in [2.05, 4.69) is 4.89 Å². The first kappa shape index (κ1) is 12.4. The smallest absolute Gasteiger partial charge is 0.342 e. The van der Waals surface area contributed by atoms with Crippen LogP contribution in [0.4, 0.5) is 0 Å². The monoisotopic (exact) mass is 190 g/mol. The van der Waals surface area contributed by atoms with E-state index in [0.29, 0.717) is 13.0 Å². The molecule has 0 N–H and O–H groups in total. The molecule has 0 aromatic carbocycles. The van der Waals surface area contributed by atoms with Crippen molar-refractivity contribution in [2.24, 2.45) is 0 Å². The molecule has 0 aliphatic rings. The molecule has 1 atom stereocenters. The predicted molar refractivity (Wildman–Crippen MR) is 48.0 cm³/mol. The van der Waals surface area contributed by atoms with Gasteiger partial charge in [-0.2, -0.15) is 4.89 Å². The number of carbonyl (C=O) groups excluding carboxylic acids is 1. The molecular formula is C9H18O4. The zero-order valence-electron chi connectivity index (χ0n) is 8.54. The molecule has 0 rings (SSSR count). The number of hydrogen-bond acceptors (Lipinski definition) is 4. The van der Waals surface area contributed by atoms with Gasteiger partial charge in [0.2, 0.25) is 0 Å². The highest BCUT2D eigenvalue weighted by atomic mass is 17.2. The Labute approximate surface area is 79.1 Å². The maximum absolute atomic E-state index is 10.9. The Balaban J connectivity index is 3.34. The minimum absolute atomic E-state index is 0.212. The number of hydrogen-bond donors (Lipinski definition) is 0. The van der Waals surface area contributed by atoms with Crippen molar-refractivity contribution in [1.29, 1.82) is 0 Å². The first-order valence-electron chi connectivity index (χ1n) is 4.55. The average molecular weight is 190 g/mol. The Bertz CT molecular complexity index is 136. The highest BCUT2D eigenvalue weighted by Crippen LogP contribution is 1.99. The predicted octanol–water partition coefficient (Wildman–Crippen LogP) is 1.69. The van der Waals surface area contributed by atoms with Crippen molar-refractivity contribution in [1.82, 2.24) is 0 Å². The van der Waals surface area contributed by atoms with Crippen molar-refractivity contribution in [2.75, 3.05) is 13.7 Å². The van der Waals surface area contributed by atoms with E-state index in [1.807, 2.05) is 6.92 Å². The number of carbonyl (C=O) groups is 1. The molecule has 0 saturated carbocycles. The summed E-state index contributed by atoms with van der Waals surface area (Å²) in [5, 5.41) is 0. The third kappa shape index (κ3) is 7.74. The number of unbranched alkanes of at least 4 members (excludes halogenated alkanes) is 1. The fourth-order valence-electron chi connectivity index (χ4n) is 0.761. The maximum atomic E-state index is 10.9.